The van der Waals surface area contributed by atoms with E-state index in [1.807, 2.05) is 12.1 Å². The average molecular weight is 246 g/mol. The third kappa shape index (κ3) is 3.24. The second kappa shape index (κ2) is 5.23. The molecule has 0 aliphatic carbocycles. The second-order valence-electron chi connectivity index (χ2n) is 4.40. The highest BCUT2D eigenvalue weighted by atomic mass is 32.1. The number of nitrogen functional groups attached to an aromatic ring is 1. The smallest absolute Gasteiger partial charge is 0.0392 e. The quantitative estimate of drug-likeness (QED) is 0.808. The summed E-state index contributed by atoms with van der Waals surface area (Å²) in [6, 6.07) is 10.7. The lowest BCUT2D eigenvalue weighted by molar-refractivity contribution is 0.799. The van der Waals surface area contributed by atoms with Gasteiger partial charge in [-0.2, -0.15) is 0 Å². The highest BCUT2D eigenvalue weighted by Crippen LogP contribution is 2.20. The van der Waals surface area contributed by atoms with Crippen LogP contribution in [0.25, 0.3) is 0 Å². The number of thiophene rings is 1. The van der Waals surface area contributed by atoms with Crippen LogP contribution >= 0.6 is 11.3 Å². The van der Waals surface area contributed by atoms with Crippen molar-refractivity contribution in [2.24, 2.45) is 0 Å². The third-order valence-electron chi connectivity index (χ3n) is 2.75. The molecule has 3 N–H and O–H groups in total. The molecule has 0 saturated heterocycles. The van der Waals surface area contributed by atoms with Crippen molar-refractivity contribution in [1.82, 2.24) is 0 Å². The molecule has 0 fully saturated rings. The fraction of sp³-hybridized carbons (Fsp3) is 0.286. The van der Waals surface area contributed by atoms with Crippen LogP contribution in [0.1, 0.15) is 17.4 Å². The zero-order valence-electron chi connectivity index (χ0n) is 10.2. The molecule has 17 heavy (non-hydrogen) atoms. The van der Waals surface area contributed by atoms with Gasteiger partial charge < -0.3 is 11.1 Å². The van der Waals surface area contributed by atoms with E-state index >= 15 is 0 Å². The minimum Gasteiger partial charge on any atom is -0.399 e. The van der Waals surface area contributed by atoms with E-state index in [0.29, 0.717) is 6.04 Å². The van der Waals surface area contributed by atoms with Gasteiger partial charge in [-0.15, -0.1) is 11.3 Å². The molecule has 0 radical (unpaired) electrons. The Morgan fingerprint density at radius 2 is 2.18 bits per heavy atom. The van der Waals surface area contributed by atoms with E-state index < -0.39 is 0 Å². The van der Waals surface area contributed by atoms with Crippen LogP contribution in [-0.4, -0.2) is 6.04 Å². The Hall–Kier alpha value is -1.48. The van der Waals surface area contributed by atoms with Crippen LogP contribution in [0.15, 0.2) is 35.7 Å². The molecule has 2 aromatic rings. The minimum atomic E-state index is 0.411. The fourth-order valence-corrected chi connectivity index (χ4v) is 2.68. The normalized spacial score (nSPS) is 12.4. The Bertz CT molecular complexity index is 477. The molecular formula is C14H18N2S. The fourth-order valence-electron chi connectivity index (χ4n) is 1.84. The molecular weight excluding hydrogens is 228 g/mol. The van der Waals surface area contributed by atoms with Crippen LogP contribution in [0.4, 0.5) is 11.4 Å². The lowest BCUT2D eigenvalue weighted by Gasteiger charge is -2.16. The predicted molar refractivity (Wildman–Crippen MR) is 76.7 cm³/mol. The molecule has 0 amide bonds. The van der Waals surface area contributed by atoms with E-state index in [1.54, 1.807) is 11.3 Å². The third-order valence-corrected chi connectivity index (χ3v) is 3.65. The van der Waals surface area contributed by atoms with E-state index in [-0.39, 0.29) is 0 Å². The molecule has 2 nitrogen and oxygen atoms in total. The van der Waals surface area contributed by atoms with Crippen LogP contribution < -0.4 is 11.1 Å². The zero-order chi connectivity index (χ0) is 12.3. The standard InChI is InChI=1S/C14H18N2S/c1-10-5-6-12(15)9-14(10)16-11(2)8-13-4-3-7-17-13/h3-7,9,11,16H,8,15H2,1-2H3. The second-order valence-corrected chi connectivity index (χ2v) is 5.44. The molecule has 3 heteroatoms. The number of anilines is 2. The summed E-state index contributed by atoms with van der Waals surface area (Å²) in [5.74, 6) is 0. The number of hydrogen-bond donors (Lipinski definition) is 2. The maximum absolute atomic E-state index is 5.80. The summed E-state index contributed by atoms with van der Waals surface area (Å²) < 4.78 is 0. The van der Waals surface area contributed by atoms with Gasteiger partial charge in [0, 0.05) is 28.7 Å². The molecule has 1 atom stereocenters. The summed E-state index contributed by atoms with van der Waals surface area (Å²) in [5.41, 5.74) is 8.98. The highest BCUT2D eigenvalue weighted by molar-refractivity contribution is 7.09. The average Bonchev–Trinajstić information content (AvgIpc) is 2.76. The first-order valence-corrected chi connectivity index (χ1v) is 6.68. The van der Waals surface area contributed by atoms with E-state index in [9.17, 15) is 0 Å². The zero-order valence-corrected chi connectivity index (χ0v) is 11.1. The Morgan fingerprint density at radius 3 is 2.88 bits per heavy atom. The lowest BCUT2D eigenvalue weighted by Crippen LogP contribution is -2.18. The first-order valence-electron chi connectivity index (χ1n) is 5.80. The summed E-state index contributed by atoms with van der Waals surface area (Å²) in [7, 11) is 0. The van der Waals surface area contributed by atoms with Crippen molar-refractivity contribution >= 4 is 22.7 Å². The maximum Gasteiger partial charge on any atom is 0.0392 e. The molecule has 1 heterocycles. The number of benzene rings is 1. The maximum atomic E-state index is 5.80. The molecule has 90 valence electrons. The van der Waals surface area contributed by atoms with Crippen molar-refractivity contribution in [3.63, 3.8) is 0 Å². The largest absolute Gasteiger partial charge is 0.399 e. The number of nitrogens with one attached hydrogen (secondary N) is 1. The van der Waals surface area contributed by atoms with Gasteiger partial charge in [0.1, 0.15) is 0 Å². The summed E-state index contributed by atoms with van der Waals surface area (Å²) in [4.78, 5) is 1.41. The Balaban J connectivity index is 2.02. The van der Waals surface area contributed by atoms with Gasteiger partial charge in [-0.1, -0.05) is 12.1 Å². The predicted octanol–water partition coefficient (Wildman–Crippen LogP) is 3.68. The SMILES string of the molecule is Cc1ccc(N)cc1NC(C)Cc1cccs1. The van der Waals surface area contributed by atoms with Crippen molar-refractivity contribution in [3.05, 3.63) is 46.2 Å². The van der Waals surface area contributed by atoms with Gasteiger partial charge >= 0.3 is 0 Å². The number of rotatable bonds is 4. The van der Waals surface area contributed by atoms with Crippen molar-refractivity contribution < 1.29 is 0 Å². The van der Waals surface area contributed by atoms with Crippen LogP contribution in [-0.2, 0) is 6.42 Å². The molecule has 0 bridgehead atoms. The van der Waals surface area contributed by atoms with Gasteiger partial charge in [-0.3, -0.25) is 0 Å². The first-order chi connectivity index (χ1) is 8.15. The summed E-state index contributed by atoms with van der Waals surface area (Å²) >= 11 is 1.80. The topological polar surface area (TPSA) is 38.0 Å². The molecule has 1 aromatic heterocycles. The van der Waals surface area contributed by atoms with Crippen LogP contribution in [0, 0.1) is 6.92 Å². The number of nitrogens with two attached hydrogens (primary N) is 1. The molecule has 0 saturated carbocycles. The Labute approximate surface area is 106 Å². The summed E-state index contributed by atoms with van der Waals surface area (Å²) in [5, 5.41) is 5.63. The van der Waals surface area contributed by atoms with Gasteiger partial charge in [0.25, 0.3) is 0 Å². The van der Waals surface area contributed by atoms with Crippen molar-refractivity contribution in [2.75, 3.05) is 11.1 Å². The van der Waals surface area contributed by atoms with E-state index in [1.165, 1.54) is 10.4 Å². The van der Waals surface area contributed by atoms with Gasteiger partial charge in [-0.05, 0) is 43.0 Å². The molecule has 2 rings (SSSR count). The van der Waals surface area contributed by atoms with Gasteiger partial charge in [0.15, 0.2) is 0 Å². The molecule has 0 spiro atoms. The minimum absolute atomic E-state index is 0.411. The molecule has 0 aliphatic rings. The van der Waals surface area contributed by atoms with Crippen LogP contribution in [0.3, 0.4) is 0 Å². The van der Waals surface area contributed by atoms with Crippen molar-refractivity contribution in [1.29, 1.82) is 0 Å². The van der Waals surface area contributed by atoms with Gasteiger partial charge in [0.05, 0.1) is 0 Å². The Kier molecular flexibility index (Phi) is 3.69. The Morgan fingerprint density at radius 1 is 1.35 bits per heavy atom. The molecule has 1 unspecified atom stereocenters. The molecule has 0 aliphatic heterocycles. The van der Waals surface area contributed by atoms with Crippen LogP contribution in [0.2, 0.25) is 0 Å². The first kappa shape index (κ1) is 12.0. The number of hydrogen-bond acceptors (Lipinski definition) is 3. The van der Waals surface area contributed by atoms with Crippen molar-refractivity contribution in [2.45, 2.75) is 26.3 Å². The number of aryl methyl sites for hydroxylation is 1. The lowest BCUT2D eigenvalue weighted by atomic mass is 10.1. The van der Waals surface area contributed by atoms with Crippen LogP contribution in [0.5, 0.6) is 0 Å². The van der Waals surface area contributed by atoms with E-state index in [0.717, 1.165) is 17.8 Å². The van der Waals surface area contributed by atoms with Gasteiger partial charge in [-0.25, -0.2) is 0 Å². The molecule has 1 aromatic carbocycles. The highest BCUT2D eigenvalue weighted by Gasteiger charge is 2.06. The summed E-state index contributed by atoms with van der Waals surface area (Å²) in [6.07, 6.45) is 1.05. The summed E-state index contributed by atoms with van der Waals surface area (Å²) in [6.45, 7) is 4.29. The van der Waals surface area contributed by atoms with E-state index in [2.05, 4.69) is 42.7 Å². The van der Waals surface area contributed by atoms with Gasteiger partial charge in [0.2, 0.25) is 0 Å². The van der Waals surface area contributed by atoms with Crippen molar-refractivity contribution in [3.8, 4) is 0 Å². The monoisotopic (exact) mass is 246 g/mol. The van der Waals surface area contributed by atoms with E-state index in [4.69, 9.17) is 5.73 Å².